The summed E-state index contributed by atoms with van der Waals surface area (Å²) in [6.07, 6.45) is 1.64. The van der Waals surface area contributed by atoms with Crippen molar-refractivity contribution in [2.45, 2.75) is 6.61 Å². The van der Waals surface area contributed by atoms with E-state index in [1.807, 2.05) is 60.7 Å². The lowest BCUT2D eigenvalue weighted by Crippen LogP contribution is -2.30. The molecule has 2 heterocycles. The number of halogens is 1. The molecule has 28 heavy (non-hydrogen) atoms. The number of hydrogen-bond donors (Lipinski definition) is 1. The van der Waals surface area contributed by atoms with Crippen LogP contribution in [0.1, 0.15) is 11.5 Å². The number of amides is 1. The summed E-state index contributed by atoms with van der Waals surface area (Å²) in [5, 5.41) is 3.29. The molecule has 1 fully saturated rings. The van der Waals surface area contributed by atoms with Gasteiger partial charge in [0, 0.05) is 10.5 Å². The van der Waals surface area contributed by atoms with Crippen LogP contribution in [0.15, 0.2) is 81.3 Å². The molecule has 0 spiro atoms. The summed E-state index contributed by atoms with van der Waals surface area (Å²) in [5.74, 6) is 1.72. The third-order valence-electron chi connectivity index (χ3n) is 4.06. The minimum absolute atomic E-state index is 0.222. The average molecular weight is 455 g/mol. The van der Waals surface area contributed by atoms with E-state index in [0.29, 0.717) is 28.9 Å². The molecule has 0 radical (unpaired) electrons. The molecule has 0 saturated carbocycles. The van der Waals surface area contributed by atoms with Crippen molar-refractivity contribution in [1.82, 2.24) is 5.32 Å². The summed E-state index contributed by atoms with van der Waals surface area (Å²) < 4.78 is 12.4. The largest absolute Gasteiger partial charge is 0.486 e. The zero-order valence-electron chi connectivity index (χ0n) is 14.6. The Kier molecular flexibility index (Phi) is 5.27. The summed E-state index contributed by atoms with van der Waals surface area (Å²) >= 11 is 8.69. The number of carbonyl (C=O) groups is 1. The van der Waals surface area contributed by atoms with Crippen LogP contribution < -0.4 is 15.0 Å². The van der Waals surface area contributed by atoms with Crippen molar-refractivity contribution in [1.29, 1.82) is 0 Å². The number of thiocarbonyl (C=S) groups is 1. The first-order valence-corrected chi connectivity index (χ1v) is 9.69. The van der Waals surface area contributed by atoms with Gasteiger partial charge in [-0.25, -0.2) is 0 Å². The second kappa shape index (κ2) is 8.00. The molecule has 0 aliphatic carbocycles. The van der Waals surface area contributed by atoms with Crippen molar-refractivity contribution >= 4 is 50.9 Å². The number of furan rings is 1. The van der Waals surface area contributed by atoms with Crippen molar-refractivity contribution in [3.05, 3.63) is 88.4 Å². The Morgan fingerprint density at radius 3 is 2.57 bits per heavy atom. The van der Waals surface area contributed by atoms with Gasteiger partial charge in [-0.05, 0) is 60.7 Å². The quantitative estimate of drug-likeness (QED) is 0.439. The fourth-order valence-electron chi connectivity index (χ4n) is 2.72. The van der Waals surface area contributed by atoms with Crippen LogP contribution in [0, 0.1) is 0 Å². The fourth-order valence-corrected chi connectivity index (χ4v) is 3.29. The lowest BCUT2D eigenvalue weighted by Gasteiger charge is -2.13. The standard InChI is InChI=1S/C21H15BrN2O3S/c22-14-6-8-16(9-7-14)26-13-18-11-10-17(27-18)12-19-20(25)24(21(28)23-19)15-4-2-1-3-5-15/h1-12H,13H2,(H,23,28)/b19-12+. The summed E-state index contributed by atoms with van der Waals surface area (Å²) in [4.78, 5) is 14.2. The molecule has 0 atom stereocenters. The number of para-hydroxylation sites is 1. The number of nitrogens with zero attached hydrogens (tertiary/aromatic N) is 1. The number of ether oxygens (including phenoxy) is 1. The molecule has 7 heteroatoms. The van der Waals surface area contributed by atoms with Crippen LogP contribution in [0.5, 0.6) is 5.75 Å². The zero-order valence-corrected chi connectivity index (χ0v) is 17.0. The monoisotopic (exact) mass is 454 g/mol. The predicted octanol–water partition coefficient (Wildman–Crippen LogP) is 4.88. The zero-order chi connectivity index (χ0) is 19.5. The van der Waals surface area contributed by atoms with Gasteiger partial charge in [-0.15, -0.1) is 0 Å². The Morgan fingerprint density at radius 1 is 1.07 bits per heavy atom. The minimum Gasteiger partial charge on any atom is -0.486 e. The molecule has 2 aromatic carbocycles. The maximum Gasteiger partial charge on any atom is 0.281 e. The van der Waals surface area contributed by atoms with Crippen LogP contribution in [0.25, 0.3) is 6.08 Å². The van der Waals surface area contributed by atoms with Crippen molar-refractivity contribution in [2.24, 2.45) is 0 Å². The van der Waals surface area contributed by atoms with Crippen molar-refractivity contribution < 1.29 is 13.9 Å². The molecule has 3 aromatic rings. The maximum atomic E-state index is 12.7. The van der Waals surface area contributed by atoms with Gasteiger partial charge in [0.1, 0.15) is 29.6 Å². The van der Waals surface area contributed by atoms with Gasteiger partial charge >= 0.3 is 0 Å². The summed E-state index contributed by atoms with van der Waals surface area (Å²) in [5.41, 5.74) is 1.08. The van der Waals surface area contributed by atoms with E-state index < -0.39 is 0 Å². The maximum absolute atomic E-state index is 12.7. The Labute approximate surface area is 175 Å². The normalized spacial score (nSPS) is 15.2. The first-order valence-electron chi connectivity index (χ1n) is 8.49. The van der Waals surface area contributed by atoms with Gasteiger partial charge in [0.25, 0.3) is 5.91 Å². The summed E-state index contributed by atoms with van der Waals surface area (Å²) in [7, 11) is 0. The van der Waals surface area contributed by atoms with Gasteiger partial charge in [0.2, 0.25) is 0 Å². The number of nitrogens with one attached hydrogen (secondary N) is 1. The number of hydrogen-bond acceptors (Lipinski definition) is 4. The van der Waals surface area contributed by atoms with Gasteiger partial charge in [-0.1, -0.05) is 34.1 Å². The Bertz CT molecular complexity index is 1050. The molecule has 0 unspecified atom stereocenters. The smallest absolute Gasteiger partial charge is 0.281 e. The highest BCUT2D eigenvalue weighted by molar-refractivity contribution is 9.10. The number of rotatable bonds is 5. The lowest BCUT2D eigenvalue weighted by atomic mass is 10.3. The highest BCUT2D eigenvalue weighted by Gasteiger charge is 2.32. The molecular weight excluding hydrogens is 440 g/mol. The molecule has 5 nitrogen and oxygen atoms in total. The Hall–Kier alpha value is -2.90. The van der Waals surface area contributed by atoms with Crippen LogP contribution in [0.2, 0.25) is 0 Å². The van der Waals surface area contributed by atoms with Crippen LogP contribution in [0.3, 0.4) is 0 Å². The van der Waals surface area contributed by atoms with Crippen molar-refractivity contribution in [3.63, 3.8) is 0 Å². The predicted molar refractivity (Wildman–Crippen MR) is 115 cm³/mol. The average Bonchev–Trinajstić information content (AvgIpc) is 3.26. The lowest BCUT2D eigenvalue weighted by molar-refractivity contribution is -0.113. The molecule has 1 aliphatic rings. The Morgan fingerprint density at radius 2 is 1.82 bits per heavy atom. The Balaban J connectivity index is 1.45. The van der Waals surface area contributed by atoms with Gasteiger partial charge < -0.3 is 14.5 Å². The molecule has 1 amide bonds. The van der Waals surface area contributed by atoms with Gasteiger partial charge in [0.15, 0.2) is 5.11 Å². The molecule has 140 valence electrons. The minimum atomic E-state index is -0.222. The van der Waals surface area contributed by atoms with Crippen LogP contribution in [-0.2, 0) is 11.4 Å². The molecule has 1 aromatic heterocycles. The van der Waals surface area contributed by atoms with E-state index in [1.54, 1.807) is 12.1 Å². The summed E-state index contributed by atoms with van der Waals surface area (Å²) in [6, 6.07) is 20.4. The van der Waals surface area contributed by atoms with Crippen molar-refractivity contribution in [2.75, 3.05) is 4.90 Å². The number of benzene rings is 2. The van der Waals surface area contributed by atoms with E-state index in [4.69, 9.17) is 21.4 Å². The van der Waals surface area contributed by atoms with E-state index in [9.17, 15) is 4.79 Å². The van der Waals surface area contributed by atoms with Crippen LogP contribution in [0.4, 0.5) is 5.69 Å². The van der Waals surface area contributed by atoms with E-state index in [-0.39, 0.29) is 5.91 Å². The first-order chi connectivity index (χ1) is 13.6. The van der Waals surface area contributed by atoms with Crippen molar-refractivity contribution in [3.8, 4) is 5.75 Å². The molecular formula is C21H15BrN2O3S. The van der Waals surface area contributed by atoms with E-state index in [0.717, 1.165) is 15.9 Å². The third-order valence-corrected chi connectivity index (χ3v) is 4.87. The molecule has 1 N–H and O–H groups in total. The van der Waals surface area contributed by atoms with E-state index >= 15 is 0 Å². The van der Waals surface area contributed by atoms with Gasteiger partial charge in [-0.3, -0.25) is 9.69 Å². The van der Waals surface area contributed by atoms with E-state index in [1.165, 1.54) is 4.90 Å². The molecule has 4 rings (SSSR count). The molecule has 1 aliphatic heterocycles. The summed E-state index contributed by atoms with van der Waals surface area (Å²) in [6.45, 7) is 0.292. The molecule has 1 saturated heterocycles. The van der Waals surface area contributed by atoms with Crippen LogP contribution in [-0.4, -0.2) is 11.0 Å². The molecule has 0 bridgehead atoms. The second-order valence-electron chi connectivity index (χ2n) is 6.01. The number of carbonyl (C=O) groups excluding carboxylic acids is 1. The topological polar surface area (TPSA) is 54.7 Å². The van der Waals surface area contributed by atoms with Crippen LogP contribution >= 0.6 is 28.1 Å². The number of anilines is 1. The van der Waals surface area contributed by atoms with Gasteiger partial charge in [-0.2, -0.15) is 0 Å². The fraction of sp³-hybridized carbons (Fsp3) is 0.0476. The highest BCUT2D eigenvalue weighted by Crippen LogP contribution is 2.23. The van der Waals surface area contributed by atoms with Gasteiger partial charge in [0.05, 0.1) is 5.69 Å². The second-order valence-corrected chi connectivity index (χ2v) is 7.31. The van der Waals surface area contributed by atoms with E-state index in [2.05, 4.69) is 21.2 Å². The highest BCUT2D eigenvalue weighted by atomic mass is 79.9. The first kappa shape index (κ1) is 18.5. The third kappa shape index (κ3) is 4.00. The SMILES string of the molecule is O=C1/C(=C\c2ccc(COc3ccc(Br)cc3)o2)NC(=S)N1c1ccccc1.